The van der Waals surface area contributed by atoms with Crippen LogP contribution in [-0.4, -0.2) is 16.5 Å². The summed E-state index contributed by atoms with van der Waals surface area (Å²) in [5.74, 6) is 2.28. The second-order valence-electron chi connectivity index (χ2n) is 3.77. The molecule has 0 saturated carbocycles. The standard InChI is InChI=1S/C13H13N3OS2/c1-3-12-15-13(19-16-12)18-8-9-4-5-11(17-2)10(6-9)7-14/h4-6H,3,8H2,1-2H3. The minimum atomic E-state index is 0.562. The lowest BCUT2D eigenvalue weighted by Gasteiger charge is -2.04. The van der Waals surface area contributed by atoms with Crippen LogP contribution in [0, 0.1) is 11.3 Å². The summed E-state index contributed by atoms with van der Waals surface area (Å²) in [6.45, 7) is 2.04. The molecule has 0 aliphatic carbocycles. The number of hydrogen-bond donors (Lipinski definition) is 0. The van der Waals surface area contributed by atoms with Crippen LogP contribution in [-0.2, 0) is 12.2 Å². The fourth-order valence-corrected chi connectivity index (χ4v) is 3.16. The highest BCUT2D eigenvalue weighted by molar-refractivity contribution is 8.00. The summed E-state index contributed by atoms with van der Waals surface area (Å²) in [5.41, 5.74) is 1.64. The Bertz CT molecular complexity index is 604. The lowest BCUT2D eigenvalue weighted by molar-refractivity contribution is 0.413. The van der Waals surface area contributed by atoms with Crippen molar-refractivity contribution in [2.24, 2.45) is 0 Å². The van der Waals surface area contributed by atoms with Crippen molar-refractivity contribution in [3.63, 3.8) is 0 Å². The minimum absolute atomic E-state index is 0.562. The number of aryl methyl sites for hydroxylation is 1. The van der Waals surface area contributed by atoms with Gasteiger partial charge >= 0.3 is 0 Å². The van der Waals surface area contributed by atoms with Crippen LogP contribution in [0.15, 0.2) is 22.5 Å². The molecule has 0 radical (unpaired) electrons. The molecule has 6 heteroatoms. The van der Waals surface area contributed by atoms with E-state index in [9.17, 15) is 0 Å². The summed E-state index contributed by atoms with van der Waals surface area (Å²) < 4.78 is 10.3. The molecule has 98 valence electrons. The Balaban J connectivity index is 2.05. The predicted octanol–water partition coefficient (Wildman–Crippen LogP) is 3.27. The van der Waals surface area contributed by atoms with Crippen molar-refractivity contribution in [2.75, 3.05) is 7.11 Å². The van der Waals surface area contributed by atoms with Crippen molar-refractivity contribution in [2.45, 2.75) is 23.4 Å². The third-order valence-corrected chi connectivity index (χ3v) is 4.45. The molecule has 0 saturated heterocycles. The maximum absolute atomic E-state index is 9.04. The normalized spacial score (nSPS) is 10.2. The second-order valence-corrected chi connectivity index (χ2v) is 5.74. The highest BCUT2D eigenvalue weighted by atomic mass is 32.2. The van der Waals surface area contributed by atoms with Gasteiger partial charge in [-0.15, -0.1) is 0 Å². The van der Waals surface area contributed by atoms with Gasteiger partial charge in [0, 0.05) is 12.2 Å². The van der Waals surface area contributed by atoms with Crippen LogP contribution in [0.3, 0.4) is 0 Å². The van der Waals surface area contributed by atoms with E-state index in [1.54, 1.807) is 18.9 Å². The summed E-state index contributed by atoms with van der Waals surface area (Å²) in [4.78, 5) is 4.40. The Morgan fingerprint density at radius 2 is 2.32 bits per heavy atom. The summed E-state index contributed by atoms with van der Waals surface area (Å²) in [5, 5.41) is 9.04. The maximum atomic E-state index is 9.04. The highest BCUT2D eigenvalue weighted by Gasteiger charge is 2.06. The van der Waals surface area contributed by atoms with E-state index in [1.165, 1.54) is 11.5 Å². The number of rotatable bonds is 5. The van der Waals surface area contributed by atoms with Crippen molar-refractivity contribution in [1.29, 1.82) is 5.26 Å². The monoisotopic (exact) mass is 291 g/mol. The van der Waals surface area contributed by atoms with E-state index in [0.29, 0.717) is 11.3 Å². The van der Waals surface area contributed by atoms with Crippen LogP contribution in [0.5, 0.6) is 5.75 Å². The third kappa shape index (κ3) is 3.46. The second kappa shape index (κ2) is 6.55. The van der Waals surface area contributed by atoms with E-state index in [1.807, 2.05) is 25.1 Å². The lowest BCUT2D eigenvalue weighted by atomic mass is 10.1. The number of nitrogens with zero attached hydrogens (tertiary/aromatic N) is 3. The molecule has 2 rings (SSSR count). The maximum Gasteiger partial charge on any atom is 0.170 e. The lowest BCUT2D eigenvalue weighted by Crippen LogP contribution is -1.90. The average Bonchev–Trinajstić information content (AvgIpc) is 2.92. The molecule has 0 aliphatic heterocycles. The first kappa shape index (κ1) is 13.8. The molecule has 0 amide bonds. The van der Waals surface area contributed by atoms with Crippen molar-refractivity contribution in [3.05, 3.63) is 35.2 Å². The Labute approximate surface area is 120 Å². The molecule has 2 aromatic rings. The van der Waals surface area contributed by atoms with Gasteiger partial charge in [0.25, 0.3) is 0 Å². The van der Waals surface area contributed by atoms with E-state index in [-0.39, 0.29) is 0 Å². The summed E-state index contributed by atoms with van der Waals surface area (Å²) in [6.07, 6.45) is 0.859. The molecular weight excluding hydrogens is 278 g/mol. The SMILES string of the molecule is CCc1nsc(SCc2ccc(OC)c(C#N)c2)n1. The molecule has 0 unspecified atom stereocenters. The fourth-order valence-electron chi connectivity index (χ4n) is 1.52. The molecule has 0 aliphatic rings. The van der Waals surface area contributed by atoms with Crippen LogP contribution in [0.1, 0.15) is 23.9 Å². The van der Waals surface area contributed by atoms with Gasteiger partial charge < -0.3 is 4.74 Å². The molecule has 1 aromatic carbocycles. The van der Waals surface area contributed by atoms with Crippen molar-refractivity contribution in [3.8, 4) is 11.8 Å². The number of methoxy groups -OCH3 is 1. The van der Waals surface area contributed by atoms with Gasteiger partial charge in [-0.3, -0.25) is 0 Å². The molecule has 4 nitrogen and oxygen atoms in total. The first-order chi connectivity index (χ1) is 9.26. The number of thioether (sulfide) groups is 1. The molecule has 0 bridgehead atoms. The Morgan fingerprint density at radius 3 is 2.95 bits per heavy atom. The van der Waals surface area contributed by atoms with Gasteiger partial charge in [-0.1, -0.05) is 24.8 Å². The third-order valence-electron chi connectivity index (χ3n) is 2.51. The number of ether oxygens (including phenoxy) is 1. The van der Waals surface area contributed by atoms with Gasteiger partial charge in [0.15, 0.2) is 4.34 Å². The quantitative estimate of drug-likeness (QED) is 0.791. The molecule has 1 heterocycles. The van der Waals surface area contributed by atoms with E-state index in [2.05, 4.69) is 15.4 Å². The minimum Gasteiger partial charge on any atom is -0.495 e. The first-order valence-corrected chi connectivity index (χ1v) is 7.55. The van der Waals surface area contributed by atoms with Gasteiger partial charge in [-0.05, 0) is 29.2 Å². The number of hydrogen-bond acceptors (Lipinski definition) is 6. The van der Waals surface area contributed by atoms with Gasteiger partial charge in [0.2, 0.25) is 0 Å². The van der Waals surface area contributed by atoms with Crippen molar-refractivity contribution < 1.29 is 4.74 Å². The molecule has 0 N–H and O–H groups in total. The Morgan fingerprint density at radius 1 is 1.47 bits per heavy atom. The fraction of sp³-hybridized carbons (Fsp3) is 0.308. The number of aromatic nitrogens is 2. The van der Waals surface area contributed by atoms with E-state index in [4.69, 9.17) is 10.00 Å². The zero-order valence-corrected chi connectivity index (χ0v) is 12.3. The molecule has 19 heavy (non-hydrogen) atoms. The van der Waals surface area contributed by atoms with Crippen molar-refractivity contribution >= 4 is 23.3 Å². The number of benzene rings is 1. The Hall–Kier alpha value is -1.58. The average molecular weight is 291 g/mol. The molecule has 0 atom stereocenters. The largest absolute Gasteiger partial charge is 0.495 e. The van der Waals surface area contributed by atoms with E-state index in [0.717, 1.165) is 27.9 Å². The first-order valence-electron chi connectivity index (χ1n) is 5.79. The van der Waals surface area contributed by atoms with E-state index < -0.39 is 0 Å². The van der Waals surface area contributed by atoms with Gasteiger partial charge in [0.05, 0.1) is 12.7 Å². The number of nitriles is 1. The highest BCUT2D eigenvalue weighted by Crippen LogP contribution is 2.27. The topological polar surface area (TPSA) is 58.8 Å². The molecule has 0 spiro atoms. The smallest absolute Gasteiger partial charge is 0.170 e. The zero-order valence-electron chi connectivity index (χ0n) is 10.7. The summed E-state index contributed by atoms with van der Waals surface area (Å²) >= 11 is 3.06. The Kier molecular flexibility index (Phi) is 4.77. The molecular formula is C13H13N3OS2. The van der Waals surface area contributed by atoms with Crippen LogP contribution < -0.4 is 4.74 Å². The van der Waals surface area contributed by atoms with Crippen LogP contribution in [0.4, 0.5) is 0 Å². The summed E-state index contributed by atoms with van der Waals surface area (Å²) in [7, 11) is 1.57. The van der Waals surface area contributed by atoms with Crippen LogP contribution in [0.2, 0.25) is 0 Å². The van der Waals surface area contributed by atoms with Crippen LogP contribution in [0.25, 0.3) is 0 Å². The summed E-state index contributed by atoms with van der Waals surface area (Å²) in [6, 6.07) is 7.79. The predicted molar refractivity (Wildman–Crippen MR) is 76.6 cm³/mol. The van der Waals surface area contributed by atoms with Gasteiger partial charge in [0.1, 0.15) is 17.6 Å². The molecule has 0 fully saturated rings. The van der Waals surface area contributed by atoms with Gasteiger partial charge in [-0.25, -0.2) is 4.98 Å². The van der Waals surface area contributed by atoms with Gasteiger partial charge in [-0.2, -0.15) is 9.64 Å². The molecule has 1 aromatic heterocycles. The zero-order chi connectivity index (χ0) is 13.7. The van der Waals surface area contributed by atoms with E-state index >= 15 is 0 Å². The van der Waals surface area contributed by atoms with Crippen LogP contribution >= 0.6 is 23.3 Å². The van der Waals surface area contributed by atoms with Crippen molar-refractivity contribution in [1.82, 2.24) is 9.36 Å².